The Hall–Kier alpha value is -1.11. The van der Waals surface area contributed by atoms with E-state index in [-0.39, 0.29) is 5.82 Å². The summed E-state index contributed by atoms with van der Waals surface area (Å²) < 4.78 is 13.0. The lowest BCUT2D eigenvalue weighted by atomic mass is 9.92. The molecule has 0 bridgehead atoms. The van der Waals surface area contributed by atoms with Crippen molar-refractivity contribution in [3.63, 3.8) is 0 Å². The zero-order chi connectivity index (χ0) is 12.6. The second kappa shape index (κ2) is 8.09. The van der Waals surface area contributed by atoms with E-state index in [4.69, 9.17) is 0 Å². The van der Waals surface area contributed by atoms with Gasteiger partial charge < -0.3 is 0 Å². The zero-order valence-corrected chi connectivity index (χ0v) is 10.9. The van der Waals surface area contributed by atoms with Gasteiger partial charge in [0.2, 0.25) is 0 Å². The first-order valence-electron chi connectivity index (χ1n) is 6.11. The third kappa shape index (κ3) is 4.18. The van der Waals surface area contributed by atoms with Gasteiger partial charge in [-0.2, -0.15) is 0 Å². The predicted octanol–water partition coefficient (Wildman–Crippen LogP) is 5.40. The van der Waals surface area contributed by atoms with Crippen molar-refractivity contribution in [3.8, 4) is 0 Å². The molecule has 0 radical (unpaired) electrons. The molecule has 90 valence electrons. The minimum Gasteiger partial charge on any atom is -0.207 e. The van der Waals surface area contributed by atoms with E-state index in [2.05, 4.69) is 20.4 Å². The van der Waals surface area contributed by atoms with Crippen molar-refractivity contribution in [1.82, 2.24) is 0 Å². The third-order valence-electron chi connectivity index (χ3n) is 2.52. The molecule has 0 amide bonds. The SMILES string of the molecule is C=Cc1ccc(F)cc1C(C)CCC.CC. The molecule has 1 heteroatoms. The van der Waals surface area contributed by atoms with Gasteiger partial charge in [0, 0.05) is 0 Å². The van der Waals surface area contributed by atoms with Crippen LogP contribution in [0, 0.1) is 5.82 Å². The molecule has 0 aromatic heterocycles. The maximum Gasteiger partial charge on any atom is 0.123 e. The maximum absolute atomic E-state index is 13.0. The van der Waals surface area contributed by atoms with Crippen molar-refractivity contribution in [3.05, 3.63) is 41.7 Å². The smallest absolute Gasteiger partial charge is 0.123 e. The summed E-state index contributed by atoms with van der Waals surface area (Å²) in [5.41, 5.74) is 2.12. The van der Waals surface area contributed by atoms with Gasteiger partial charge >= 0.3 is 0 Å². The highest BCUT2D eigenvalue weighted by Gasteiger charge is 2.08. The fourth-order valence-electron chi connectivity index (χ4n) is 1.75. The highest BCUT2D eigenvalue weighted by molar-refractivity contribution is 5.52. The quantitative estimate of drug-likeness (QED) is 0.640. The Morgan fingerprint density at radius 1 is 1.38 bits per heavy atom. The lowest BCUT2D eigenvalue weighted by molar-refractivity contribution is 0.613. The monoisotopic (exact) mass is 222 g/mol. The summed E-state index contributed by atoms with van der Waals surface area (Å²) in [5.74, 6) is 0.247. The van der Waals surface area contributed by atoms with Crippen LogP contribution in [-0.4, -0.2) is 0 Å². The van der Waals surface area contributed by atoms with E-state index < -0.39 is 0 Å². The molecule has 0 N–H and O–H groups in total. The molecule has 0 saturated heterocycles. The second-order valence-electron chi connectivity index (χ2n) is 3.67. The molecule has 1 rings (SSSR count). The number of hydrogen-bond acceptors (Lipinski definition) is 0. The molecule has 1 atom stereocenters. The van der Waals surface area contributed by atoms with Crippen LogP contribution in [0.25, 0.3) is 6.08 Å². The van der Waals surface area contributed by atoms with Crippen LogP contribution in [0.15, 0.2) is 24.8 Å². The van der Waals surface area contributed by atoms with Gasteiger partial charge in [-0.25, -0.2) is 4.39 Å². The van der Waals surface area contributed by atoms with Gasteiger partial charge in [-0.1, -0.05) is 52.8 Å². The van der Waals surface area contributed by atoms with Crippen LogP contribution >= 0.6 is 0 Å². The molecular formula is C15H23F. The van der Waals surface area contributed by atoms with Gasteiger partial charge in [0.05, 0.1) is 0 Å². The van der Waals surface area contributed by atoms with Crippen LogP contribution in [0.5, 0.6) is 0 Å². The first-order chi connectivity index (χ1) is 7.69. The normalized spacial score (nSPS) is 11.3. The average Bonchev–Trinajstić information content (AvgIpc) is 2.32. The van der Waals surface area contributed by atoms with E-state index in [9.17, 15) is 4.39 Å². The van der Waals surface area contributed by atoms with Crippen LogP contribution in [0.3, 0.4) is 0 Å². The Bertz CT molecular complexity index is 315. The molecule has 0 aliphatic heterocycles. The van der Waals surface area contributed by atoms with Crippen molar-refractivity contribution in [2.45, 2.75) is 46.5 Å². The van der Waals surface area contributed by atoms with E-state index in [1.165, 1.54) is 6.07 Å². The fourth-order valence-corrected chi connectivity index (χ4v) is 1.75. The highest BCUT2D eigenvalue weighted by atomic mass is 19.1. The van der Waals surface area contributed by atoms with Gasteiger partial charge in [0.1, 0.15) is 5.82 Å². The molecule has 0 aliphatic carbocycles. The predicted molar refractivity (Wildman–Crippen MR) is 71.2 cm³/mol. The summed E-state index contributed by atoms with van der Waals surface area (Å²) in [5, 5.41) is 0. The van der Waals surface area contributed by atoms with Gasteiger partial charge in [-0.15, -0.1) is 0 Å². The molecule has 0 fully saturated rings. The van der Waals surface area contributed by atoms with Gasteiger partial charge in [-0.3, -0.25) is 0 Å². The zero-order valence-electron chi connectivity index (χ0n) is 10.9. The first kappa shape index (κ1) is 14.9. The van der Waals surface area contributed by atoms with Crippen molar-refractivity contribution in [2.75, 3.05) is 0 Å². The highest BCUT2D eigenvalue weighted by Crippen LogP contribution is 2.25. The van der Waals surface area contributed by atoms with Crippen LogP contribution in [0.1, 0.15) is 57.6 Å². The maximum atomic E-state index is 13.0. The Labute approximate surface area is 99.2 Å². The van der Waals surface area contributed by atoms with E-state index in [1.807, 2.05) is 13.8 Å². The van der Waals surface area contributed by atoms with Gasteiger partial charge in [0.15, 0.2) is 0 Å². The third-order valence-corrected chi connectivity index (χ3v) is 2.52. The average molecular weight is 222 g/mol. The minimum absolute atomic E-state index is 0.159. The van der Waals surface area contributed by atoms with Crippen molar-refractivity contribution in [2.24, 2.45) is 0 Å². The second-order valence-corrected chi connectivity index (χ2v) is 3.67. The van der Waals surface area contributed by atoms with E-state index in [0.29, 0.717) is 5.92 Å². The molecular weight excluding hydrogens is 199 g/mol. The van der Waals surface area contributed by atoms with Crippen LogP contribution in [0.2, 0.25) is 0 Å². The summed E-state index contributed by atoms with van der Waals surface area (Å²) >= 11 is 0. The van der Waals surface area contributed by atoms with Crippen molar-refractivity contribution < 1.29 is 4.39 Å². The Kier molecular flexibility index (Phi) is 7.53. The molecule has 0 heterocycles. The lowest BCUT2D eigenvalue weighted by Gasteiger charge is -2.13. The van der Waals surface area contributed by atoms with Gasteiger partial charge in [0.25, 0.3) is 0 Å². The Balaban J connectivity index is 0.00000106. The summed E-state index contributed by atoms with van der Waals surface area (Å²) in [4.78, 5) is 0. The number of benzene rings is 1. The number of hydrogen-bond donors (Lipinski definition) is 0. The van der Waals surface area contributed by atoms with Crippen molar-refractivity contribution >= 4 is 6.08 Å². The van der Waals surface area contributed by atoms with Crippen LogP contribution in [0.4, 0.5) is 4.39 Å². The molecule has 0 spiro atoms. The summed E-state index contributed by atoms with van der Waals surface area (Å²) in [7, 11) is 0. The molecule has 0 nitrogen and oxygen atoms in total. The van der Waals surface area contributed by atoms with Crippen LogP contribution in [-0.2, 0) is 0 Å². The molecule has 1 unspecified atom stereocenters. The molecule has 1 aromatic carbocycles. The van der Waals surface area contributed by atoms with Gasteiger partial charge in [-0.05, 0) is 35.6 Å². The molecule has 0 aliphatic rings. The topological polar surface area (TPSA) is 0 Å². The van der Waals surface area contributed by atoms with Crippen LogP contribution < -0.4 is 0 Å². The summed E-state index contributed by atoms with van der Waals surface area (Å²) in [6.07, 6.45) is 4.00. The largest absolute Gasteiger partial charge is 0.207 e. The lowest BCUT2D eigenvalue weighted by Crippen LogP contribution is -1.97. The summed E-state index contributed by atoms with van der Waals surface area (Å²) in [6, 6.07) is 4.90. The molecule has 0 saturated carbocycles. The Morgan fingerprint density at radius 2 is 2.00 bits per heavy atom. The summed E-state index contributed by atoms with van der Waals surface area (Å²) in [6.45, 7) is 12.0. The van der Waals surface area contributed by atoms with Crippen molar-refractivity contribution in [1.29, 1.82) is 0 Å². The Morgan fingerprint density at radius 3 is 2.50 bits per heavy atom. The van der Waals surface area contributed by atoms with E-state index in [1.54, 1.807) is 18.2 Å². The van der Waals surface area contributed by atoms with E-state index >= 15 is 0 Å². The number of rotatable bonds is 4. The standard InChI is InChI=1S/C13H17F.C2H6/c1-4-6-10(3)13-9-12(14)8-7-11(13)5-2;1-2/h5,7-10H,2,4,6H2,1,3H3;1-2H3. The molecule has 16 heavy (non-hydrogen) atoms. The fraction of sp³-hybridized carbons (Fsp3) is 0.467. The first-order valence-corrected chi connectivity index (χ1v) is 6.11. The number of halogens is 1. The van der Waals surface area contributed by atoms with E-state index in [0.717, 1.165) is 24.0 Å². The minimum atomic E-state index is -0.159. The molecule has 1 aromatic rings.